The normalized spacial score (nSPS) is 43.1. The molecule has 2 aliphatic heterocycles. The van der Waals surface area contributed by atoms with E-state index >= 15 is 0 Å². The van der Waals surface area contributed by atoms with Gasteiger partial charge in [0.2, 0.25) is 0 Å². The first-order valence-corrected chi connectivity index (χ1v) is 11.2. The molecule has 1 saturated carbocycles. The van der Waals surface area contributed by atoms with Gasteiger partial charge in [-0.15, -0.1) is 0 Å². The van der Waals surface area contributed by atoms with Gasteiger partial charge in [-0.2, -0.15) is 0 Å². The van der Waals surface area contributed by atoms with Crippen LogP contribution in [0.3, 0.4) is 0 Å². The Morgan fingerprint density at radius 1 is 0.882 bits per heavy atom. The van der Waals surface area contributed by atoms with Crippen molar-refractivity contribution in [2.75, 3.05) is 13.2 Å². The summed E-state index contributed by atoms with van der Waals surface area (Å²) in [5.74, 6) is -1.73. The molecule has 1 aliphatic carbocycles. The van der Waals surface area contributed by atoms with Crippen molar-refractivity contribution in [3.8, 4) is 0 Å². The number of carbonyl (C=O) groups is 2. The van der Waals surface area contributed by atoms with Gasteiger partial charge >= 0.3 is 0 Å². The van der Waals surface area contributed by atoms with Crippen LogP contribution in [0.2, 0.25) is 0 Å². The van der Waals surface area contributed by atoms with Crippen LogP contribution in [0.5, 0.6) is 0 Å². The molecule has 0 aromatic carbocycles. The number of Topliss-reactive ketones (excluding diaryl/α,β-unsaturated/α-hetero) is 2. The highest BCUT2D eigenvalue weighted by molar-refractivity contribution is 6.22. The van der Waals surface area contributed by atoms with Crippen molar-refractivity contribution < 1.29 is 59.5 Å². The third-order valence-corrected chi connectivity index (χ3v) is 6.62. The van der Waals surface area contributed by atoms with Crippen molar-refractivity contribution in [1.82, 2.24) is 0 Å². The summed E-state index contributed by atoms with van der Waals surface area (Å²) in [7, 11) is 0. The smallest absolute Gasteiger partial charge is 0.187 e. The predicted molar refractivity (Wildman–Crippen MR) is 112 cm³/mol. The van der Waals surface area contributed by atoms with Gasteiger partial charge in [-0.25, -0.2) is 0 Å². The second-order valence-corrected chi connectivity index (χ2v) is 9.92. The highest BCUT2D eigenvalue weighted by atomic mass is 16.7. The molecular formula is C22H34O12. The van der Waals surface area contributed by atoms with Gasteiger partial charge in [-0.1, -0.05) is 19.9 Å². The molecule has 34 heavy (non-hydrogen) atoms. The zero-order chi connectivity index (χ0) is 25.4. The lowest BCUT2D eigenvalue weighted by Gasteiger charge is -2.46. The molecule has 12 nitrogen and oxygen atoms in total. The van der Waals surface area contributed by atoms with Crippen LogP contribution in [-0.4, -0.2) is 116 Å². The van der Waals surface area contributed by atoms with E-state index in [1.165, 1.54) is 6.08 Å². The van der Waals surface area contributed by atoms with Crippen LogP contribution >= 0.6 is 0 Å². The summed E-state index contributed by atoms with van der Waals surface area (Å²) in [5, 5.41) is 70.4. The Labute approximate surface area is 196 Å². The van der Waals surface area contributed by atoms with E-state index in [0.29, 0.717) is 0 Å². The molecule has 2 heterocycles. The van der Waals surface area contributed by atoms with E-state index in [9.17, 15) is 45.3 Å². The lowest BCUT2D eigenvalue weighted by atomic mass is 9.73. The van der Waals surface area contributed by atoms with Crippen LogP contribution in [0.1, 0.15) is 33.1 Å². The third kappa shape index (κ3) is 5.57. The SMILES string of the molecule is CC1(C)CC(=O)C(=CCC2[C@H](O)OC(CO)[C@@H](O[C@@H]3OC(CO)[C@H](O)[C@H](O)C3O)[C@@H]2O)C(=O)C1. The summed E-state index contributed by atoms with van der Waals surface area (Å²) in [6.45, 7) is 2.26. The minimum Gasteiger partial charge on any atom is -0.394 e. The molecule has 3 fully saturated rings. The lowest BCUT2D eigenvalue weighted by molar-refractivity contribution is -0.350. The fourth-order valence-corrected chi connectivity index (χ4v) is 4.65. The molecule has 12 heteroatoms. The molecule has 2 saturated heterocycles. The maximum absolute atomic E-state index is 12.4. The Bertz CT molecular complexity index is 758. The number of ether oxygens (including phenoxy) is 3. The number of rotatable bonds is 6. The van der Waals surface area contributed by atoms with Crippen LogP contribution in [-0.2, 0) is 23.8 Å². The van der Waals surface area contributed by atoms with Gasteiger partial charge in [0.1, 0.15) is 36.6 Å². The van der Waals surface area contributed by atoms with Gasteiger partial charge < -0.3 is 50.0 Å². The van der Waals surface area contributed by atoms with Crippen LogP contribution in [0.4, 0.5) is 0 Å². The zero-order valence-corrected chi connectivity index (χ0v) is 19.1. The molecule has 3 aliphatic rings. The Kier molecular flexibility index (Phi) is 8.62. The number of aliphatic hydroxyl groups excluding tert-OH is 7. The van der Waals surface area contributed by atoms with Crippen LogP contribution < -0.4 is 0 Å². The van der Waals surface area contributed by atoms with Crippen molar-refractivity contribution in [2.24, 2.45) is 11.3 Å². The predicted octanol–water partition coefficient (Wildman–Crippen LogP) is -2.87. The number of aliphatic hydroxyl groups is 7. The highest BCUT2D eigenvalue weighted by Gasteiger charge is 2.50. The van der Waals surface area contributed by atoms with Crippen molar-refractivity contribution in [3.63, 3.8) is 0 Å². The van der Waals surface area contributed by atoms with Crippen molar-refractivity contribution in [3.05, 3.63) is 11.6 Å². The largest absolute Gasteiger partial charge is 0.394 e. The summed E-state index contributed by atoms with van der Waals surface area (Å²) in [6.07, 6.45) is -12.0. The third-order valence-electron chi connectivity index (χ3n) is 6.62. The minimum atomic E-state index is -1.75. The van der Waals surface area contributed by atoms with Gasteiger partial charge in [0, 0.05) is 18.8 Å². The van der Waals surface area contributed by atoms with E-state index in [0.717, 1.165) is 0 Å². The van der Waals surface area contributed by atoms with E-state index in [2.05, 4.69) is 0 Å². The fourth-order valence-electron chi connectivity index (χ4n) is 4.65. The van der Waals surface area contributed by atoms with Crippen molar-refractivity contribution >= 4 is 11.6 Å². The van der Waals surface area contributed by atoms with E-state index in [-0.39, 0.29) is 36.4 Å². The molecular weight excluding hydrogens is 456 g/mol. The van der Waals surface area contributed by atoms with Crippen LogP contribution in [0, 0.1) is 11.3 Å². The van der Waals surface area contributed by atoms with Gasteiger partial charge in [0.15, 0.2) is 24.1 Å². The summed E-state index contributed by atoms with van der Waals surface area (Å²) in [6, 6.07) is 0. The maximum Gasteiger partial charge on any atom is 0.187 e. The van der Waals surface area contributed by atoms with E-state index in [1.807, 2.05) is 13.8 Å². The maximum atomic E-state index is 12.4. The number of ketones is 2. The quantitative estimate of drug-likeness (QED) is 0.148. The Morgan fingerprint density at radius 3 is 2.03 bits per heavy atom. The Morgan fingerprint density at radius 2 is 1.47 bits per heavy atom. The summed E-state index contributed by atoms with van der Waals surface area (Å²) < 4.78 is 16.2. The summed E-state index contributed by atoms with van der Waals surface area (Å²) >= 11 is 0. The molecule has 0 bridgehead atoms. The van der Waals surface area contributed by atoms with Crippen molar-refractivity contribution in [2.45, 2.75) is 88.4 Å². The number of hydrogen-bond acceptors (Lipinski definition) is 12. The van der Waals surface area contributed by atoms with Crippen LogP contribution in [0.15, 0.2) is 11.6 Å². The van der Waals surface area contributed by atoms with Crippen molar-refractivity contribution in [1.29, 1.82) is 0 Å². The van der Waals surface area contributed by atoms with Crippen LogP contribution in [0.25, 0.3) is 0 Å². The van der Waals surface area contributed by atoms with Gasteiger partial charge in [-0.3, -0.25) is 9.59 Å². The molecule has 4 unspecified atom stereocenters. The molecule has 0 aromatic heterocycles. The first-order chi connectivity index (χ1) is 15.9. The van der Waals surface area contributed by atoms with E-state index < -0.39 is 79.9 Å². The average Bonchev–Trinajstić information content (AvgIpc) is 2.75. The first-order valence-electron chi connectivity index (χ1n) is 11.2. The lowest BCUT2D eigenvalue weighted by Crippen LogP contribution is -2.63. The second-order valence-electron chi connectivity index (χ2n) is 9.92. The van der Waals surface area contributed by atoms with Gasteiger partial charge in [0.25, 0.3) is 0 Å². The van der Waals surface area contributed by atoms with E-state index in [1.54, 1.807) is 0 Å². The zero-order valence-electron chi connectivity index (χ0n) is 19.1. The van der Waals surface area contributed by atoms with E-state index in [4.69, 9.17) is 14.2 Å². The molecule has 0 spiro atoms. The number of hydrogen-bond donors (Lipinski definition) is 7. The summed E-state index contributed by atoms with van der Waals surface area (Å²) in [4.78, 5) is 24.8. The molecule has 0 radical (unpaired) electrons. The molecule has 10 atom stereocenters. The molecule has 7 N–H and O–H groups in total. The minimum absolute atomic E-state index is 0.00518. The topological polar surface area (TPSA) is 203 Å². The molecule has 0 aromatic rings. The molecule has 194 valence electrons. The first kappa shape index (κ1) is 27.3. The average molecular weight is 491 g/mol. The second kappa shape index (κ2) is 10.7. The Hall–Kier alpha value is -1.32. The molecule has 0 amide bonds. The fraction of sp³-hybridized carbons (Fsp3) is 0.818. The van der Waals surface area contributed by atoms with Gasteiger partial charge in [0.05, 0.1) is 24.9 Å². The number of allylic oxidation sites excluding steroid dienone is 2. The molecule has 3 rings (SSSR count). The monoisotopic (exact) mass is 490 g/mol. The standard InChI is InChI=1S/C22H34O12/c1-22(2)5-11(25)9(12(26)6-22)3-4-10-15(27)19(14(8-24)32-20(10)31)34-21-18(30)17(29)16(28)13(7-23)33-21/h3,10,13-21,23-24,27-31H,4-8H2,1-2H3/t10?,13?,14?,15-,16+,17+,18?,19-,20-,21+/m1/s1. The highest BCUT2D eigenvalue weighted by Crippen LogP contribution is 2.36. The summed E-state index contributed by atoms with van der Waals surface area (Å²) in [5.41, 5.74) is -0.452. The van der Waals surface area contributed by atoms with Gasteiger partial charge in [-0.05, 0) is 11.8 Å². The Balaban J connectivity index is 1.76. The number of carbonyl (C=O) groups excluding carboxylic acids is 2.